The highest BCUT2D eigenvalue weighted by molar-refractivity contribution is 7.91. The van der Waals surface area contributed by atoms with Crippen LogP contribution in [0.5, 0.6) is 5.75 Å². The maximum atomic E-state index is 12.4. The number of sulfonamides is 1. The lowest BCUT2D eigenvalue weighted by Gasteiger charge is -2.16. The average molecular weight is 322 g/mol. The first-order valence-corrected chi connectivity index (χ1v) is 8.32. The molecule has 0 aliphatic heterocycles. The Morgan fingerprint density at radius 2 is 2.10 bits per heavy atom. The minimum Gasteiger partial charge on any atom is -0.497 e. The molecule has 2 rings (SSSR count). The molecule has 0 bridgehead atoms. The molecule has 0 aliphatic rings. The van der Waals surface area contributed by atoms with Crippen molar-refractivity contribution in [1.29, 1.82) is 5.26 Å². The van der Waals surface area contributed by atoms with E-state index in [2.05, 4.69) is 0 Å². The number of ether oxygens (including phenoxy) is 1. The standard InChI is InChI=1S/C14H14N2O3S2/c1-16(10-11-4-3-5-12(8-11)19-2)21(17,18)14-7-6-13(9-15)20-14/h3-8H,10H2,1-2H3. The van der Waals surface area contributed by atoms with Crippen LogP contribution in [0.4, 0.5) is 0 Å². The molecule has 1 heterocycles. The molecule has 1 aromatic heterocycles. The zero-order chi connectivity index (χ0) is 15.5. The Labute approximate surface area is 128 Å². The SMILES string of the molecule is COc1cccc(CN(C)S(=O)(=O)c2ccc(C#N)s2)c1. The summed E-state index contributed by atoms with van der Waals surface area (Å²) in [4.78, 5) is 0.378. The lowest BCUT2D eigenvalue weighted by Crippen LogP contribution is -2.25. The second-order valence-electron chi connectivity index (χ2n) is 4.34. The Kier molecular flexibility index (Phi) is 4.63. The van der Waals surface area contributed by atoms with Gasteiger partial charge in [0.05, 0.1) is 7.11 Å². The van der Waals surface area contributed by atoms with Crippen LogP contribution in [0.2, 0.25) is 0 Å². The normalized spacial score (nSPS) is 11.3. The maximum absolute atomic E-state index is 12.4. The molecule has 21 heavy (non-hydrogen) atoms. The van der Waals surface area contributed by atoms with E-state index in [1.807, 2.05) is 18.2 Å². The molecular formula is C14H14N2O3S2. The van der Waals surface area contributed by atoms with Gasteiger partial charge in [0.15, 0.2) is 0 Å². The molecule has 0 fully saturated rings. The topological polar surface area (TPSA) is 70.4 Å². The van der Waals surface area contributed by atoms with Gasteiger partial charge < -0.3 is 4.74 Å². The van der Waals surface area contributed by atoms with E-state index in [0.29, 0.717) is 10.6 Å². The van der Waals surface area contributed by atoms with E-state index in [9.17, 15) is 8.42 Å². The number of nitrogens with zero attached hydrogens (tertiary/aromatic N) is 2. The molecule has 0 N–H and O–H groups in total. The van der Waals surface area contributed by atoms with Crippen LogP contribution >= 0.6 is 11.3 Å². The molecule has 0 spiro atoms. The number of hydrogen-bond acceptors (Lipinski definition) is 5. The molecule has 7 heteroatoms. The highest BCUT2D eigenvalue weighted by atomic mass is 32.2. The van der Waals surface area contributed by atoms with Crippen molar-refractivity contribution in [3.63, 3.8) is 0 Å². The van der Waals surface area contributed by atoms with Gasteiger partial charge in [0.25, 0.3) is 10.0 Å². The van der Waals surface area contributed by atoms with Crippen LogP contribution in [-0.2, 0) is 16.6 Å². The number of thiophene rings is 1. The van der Waals surface area contributed by atoms with Crippen molar-refractivity contribution >= 4 is 21.4 Å². The van der Waals surface area contributed by atoms with Crippen molar-refractivity contribution in [3.05, 3.63) is 46.8 Å². The van der Waals surface area contributed by atoms with Gasteiger partial charge in [-0.2, -0.15) is 9.57 Å². The van der Waals surface area contributed by atoms with Crippen LogP contribution in [0.25, 0.3) is 0 Å². The molecule has 0 amide bonds. The number of methoxy groups -OCH3 is 1. The van der Waals surface area contributed by atoms with E-state index in [1.54, 1.807) is 19.2 Å². The predicted molar refractivity (Wildman–Crippen MR) is 80.7 cm³/mol. The second kappa shape index (κ2) is 6.26. The van der Waals surface area contributed by atoms with E-state index in [0.717, 1.165) is 16.9 Å². The van der Waals surface area contributed by atoms with Gasteiger partial charge in [-0.15, -0.1) is 11.3 Å². The van der Waals surface area contributed by atoms with Crippen LogP contribution in [0, 0.1) is 11.3 Å². The summed E-state index contributed by atoms with van der Waals surface area (Å²) in [7, 11) is -0.507. The average Bonchev–Trinajstić information content (AvgIpc) is 2.97. The van der Waals surface area contributed by atoms with E-state index in [-0.39, 0.29) is 10.8 Å². The molecule has 0 unspecified atom stereocenters. The van der Waals surface area contributed by atoms with Crippen LogP contribution in [0.15, 0.2) is 40.6 Å². The van der Waals surface area contributed by atoms with Gasteiger partial charge in [0.2, 0.25) is 0 Å². The van der Waals surface area contributed by atoms with Gasteiger partial charge >= 0.3 is 0 Å². The van der Waals surface area contributed by atoms with Gasteiger partial charge in [-0.25, -0.2) is 8.42 Å². The van der Waals surface area contributed by atoms with Gasteiger partial charge in [-0.3, -0.25) is 0 Å². The summed E-state index contributed by atoms with van der Waals surface area (Å²) in [5.74, 6) is 0.682. The number of hydrogen-bond donors (Lipinski definition) is 0. The maximum Gasteiger partial charge on any atom is 0.252 e. The fourth-order valence-corrected chi connectivity index (χ4v) is 4.26. The summed E-state index contributed by atoms with van der Waals surface area (Å²) in [6, 6.07) is 12.2. The molecule has 0 saturated carbocycles. The summed E-state index contributed by atoms with van der Waals surface area (Å²) in [5, 5.41) is 8.79. The van der Waals surface area contributed by atoms with Crippen LogP contribution in [0.3, 0.4) is 0 Å². The van der Waals surface area contributed by atoms with Crippen LogP contribution in [0.1, 0.15) is 10.4 Å². The highest BCUT2D eigenvalue weighted by Crippen LogP contribution is 2.25. The van der Waals surface area contributed by atoms with Gasteiger partial charge in [-0.05, 0) is 29.8 Å². The summed E-state index contributed by atoms with van der Waals surface area (Å²) >= 11 is 0.971. The highest BCUT2D eigenvalue weighted by Gasteiger charge is 2.23. The zero-order valence-electron chi connectivity index (χ0n) is 11.6. The summed E-state index contributed by atoms with van der Waals surface area (Å²) in [6.07, 6.45) is 0. The quantitative estimate of drug-likeness (QED) is 0.848. The van der Waals surface area contributed by atoms with Crippen molar-refractivity contribution in [2.24, 2.45) is 0 Å². The zero-order valence-corrected chi connectivity index (χ0v) is 13.2. The Morgan fingerprint density at radius 3 is 2.71 bits per heavy atom. The van der Waals surface area contributed by atoms with Crippen molar-refractivity contribution < 1.29 is 13.2 Å². The predicted octanol–water partition coefficient (Wildman–Crippen LogP) is 2.45. The monoisotopic (exact) mass is 322 g/mol. The molecule has 5 nitrogen and oxygen atoms in total. The third-order valence-electron chi connectivity index (χ3n) is 2.90. The summed E-state index contributed by atoms with van der Waals surface area (Å²) < 4.78 is 31.4. The van der Waals surface area contributed by atoms with Crippen molar-refractivity contribution in [3.8, 4) is 11.8 Å². The number of benzene rings is 1. The molecule has 110 valence electrons. The Balaban J connectivity index is 2.22. The number of nitriles is 1. The van der Waals surface area contributed by atoms with Gasteiger partial charge in [-0.1, -0.05) is 12.1 Å². The molecule has 0 atom stereocenters. The Hall–Kier alpha value is -1.88. The minimum absolute atomic E-state index is 0.171. The van der Waals surface area contributed by atoms with Gasteiger partial charge in [0.1, 0.15) is 20.9 Å². The fraction of sp³-hybridized carbons (Fsp3) is 0.214. The van der Waals surface area contributed by atoms with E-state index in [1.165, 1.54) is 23.5 Å². The Morgan fingerprint density at radius 1 is 1.33 bits per heavy atom. The number of rotatable bonds is 5. The smallest absolute Gasteiger partial charge is 0.252 e. The molecule has 2 aromatic rings. The van der Waals surface area contributed by atoms with Gasteiger partial charge in [0, 0.05) is 13.6 Å². The molecule has 0 radical (unpaired) electrons. The first-order valence-electron chi connectivity index (χ1n) is 6.06. The molecule has 1 aromatic carbocycles. The third-order valence-corrected chi connectivity index (χ3v) is 6.16. The lowest BCUT2D eigenvalue weighted by atomic mass is 10.2. The second-order valence-corrected chi connectivity index (χ2v) is 7.70. The Bertz CT molecular complexity index is 776. The van der Waals surface area contributed by atoms with E-state index < -0.39 is 10.0 Å². The first-order chi connectivity index (χ1) is 9.97. The van der Waals surface area contributed by atoms with Crippen LogP contribution in [-0.4, -0.2) is 26.9 Å². The molecule has 0 aliphatic carbocycles. The van der Waals surface area contributed by atoms with Crippen LogP contribution < -0.4 is 4.74 Å². The lowest BCUT2D eigenvalue weighted by molar-refractivity contribution is 0.412. The summed E-state index contributed by atoms with van der Waals surface area (Å²) in [5.41, 5.74) is 0.831. The largest absolute Gasteiger partial charge is 0.497 e. The molecular weight excluding hydrogens is 308 g/mol. The van der Waals surface area contributed by atoms with Crippen molar-refractivity contribution in [2.75, 3.05) is 14.2 Å². The fourth-order valence-electron chi connectivity index (χ4n) is 1.79. The van der Waals surface area contributed by atoms with E-state index >= 15 is 0 Å². The minimum atomic E-state index is -3.59. The van der Waals surface area contributed by atoms with Crippen molar-refractivity contribution in [1.82, 2.24) is 4.31 Å². The molecule has 0 saturated heterocycles. The van der Waals surface area contributed by atoms with Crippen molar-refractivity contribution in [2.45, 2.75) is 10.8 Å². The summed E-state index contributed by atoms with van der Waals surface area (Å²) in [6.45, 7) is 0.235. The third kappa shape index (κ3) is 3.42. The first kappa shape index (κ1) is 15.5. The van der Waals surface area contributed by atoms with E-state index in [4.69, 9.17) is 10.00 Å².